The monoisotopic (exact) mass is 179 g/mol. The van der Waals surface area contributed by atoms with Crippen LogP contribution in [0.4, 0.5) is 0 Å². The summed E-state index contributed by atoms with van der Waals surface area (Å²) in [5.74, 6) is 2.31. The van der Waals surface area contributed by atoms with Crippen LogP contribution in [0.2, 0.25) is 0 Å². The molecule has 1 nitrogen and oxygen atoms in total. The Kier molecular flexibility index (Phi) is 2.38. The lowest BCUT2D eigenvalue weighted by Gasteiger charge is -2.12. The van der Waals surface area contributed by atoms with Crippen molar-refractivity contribution >= 4 is 11.8 Å². The molecule has 12 heavy (non-hydrogen) atoms. The molecule has 1 aromatic rings. The van der Waals surface area contributed by atoms with Gasteiger partial charge in [0.15, 0.2) is 0 Å². The van der Waals surface area contributed by atoms with Gasteiger partial charge in [-0.1, -0.05) is 24.3 Å². The van der Waals surface area contributed by atoms with E-state index in [0.717, 1.165) is 12.4 Å². The van der Waals surface area contributed by atoms with E-state index in [1.807, 2.05) is 11.8 Å². The average Bonchev–Trinajstić information content (AvgIpc) is 2.25. The summed E-state index contributed by atoms with van der Waals surface area (Å²) in [6, 6.07) is 8.73. The van der Waals surface area contributed by atoms with Crippen molar-refractivity contribution in [3.05, 3.63) is 35.4 Å². The Hall–Kier alpha value is -0.470. The van der Waals surface area contributed by atoms with Crippen LogP contribution in [0.1, 0.15) is 11.1 Å². The normalized spacial score (nSPS) is 18.4. The molecule has 0 unspecified atom stereocenters. The van der Waals surface area contributed by atoms with Crippen molar-refractivity contribution in [2.75, 3.05) is 12.9 Å². The first kappa shape index (κ1) is 8.14. The molecule has 1 heterocycles. The summed E-state index contributed by atoms with van der Waals surface area (Å²) in [6.07, 6.45) is 0. The lowest BCUT2D eigenvalue weighted by molar-refractivity contribution is 0.388. The van der Waals surface area contributed by atoms with Gasteiger partial charge in [-0.2, -0.15) is 0 Å². The Morgan fingerprint density at radius 2 is 2.00 bits per heavy atom. The van der Waals surface area contributed by atoms with Gasteiger partial charge in [-0.15, -0.1) is 11.8 Å². The van der Waals surface area contributed by atoms with E-state index in [-0.39, 0.29) is 0 Å². The Morgan fingerprint density at radius 1 is 1.25 bits per heavy atom. The number of thioether (sulfide) groups is 1. The summed E-state index contributed by atoms with van der Waals surface area (Å²) in [5, 5.41) is 0. The molecule has 2 heteroatoms. The first-order chi connectivity index (χ1) is 5.86. The lowest BCUT2D eigenvalue weighted by Crippen LogP contribution is -2.15. The van der Waals surface area contributed by atoms with Crippen LogP contribution in [0.3, 0.4) is 0 Å². The van der Waals surface area contributed by atoms with Gasteiger partial charge >= 0.3 is 0 Å². The maximum Gasteiger partial charge on any atom is 0.0448 e. The molecule has 0 bridgehead atoms. The van der Waals surface area contributed by atoms with Crippen LogP contribution in [0.5, 0.6) is 0 Å². The minimum Gasteiger partial charge on any atom is -0.293 e. The molecular formula is C10H13NS. The van der Waals surface area contributed by atoms with Crippen LogP contribution in [-0.4, -0.2) is 17.8 Å². The molecule has 2 rings (SSSR count). The fraction of sp³-hybridized carbons (Fsp3) is 0.400. The van der Waals surface area contributed by atoms with Gasteiger partial charge in [-0.05, 0) is 18.2 Å². The molecule has 0 aliphatic carbocycles. The highest BCUT2D eigenvalue weighted by atomic mass is 32.2. The maximum absolute atomic E-state index is 2.36. The van der Waals surface area contributed by atoms with Crippen LogP contribution in [0, 0.1) is 0 Å². The second-order valence-electron chi connectivity index (χ2n) is 3.26. The van der Waals surface area contributed by atoms with E-state index in [4.69, 9.17) is 0 Å². The van der Waals surface area contributed by atoms with Crippen LogP contribution >= 0.6 is 11.8 Å². The molecule has 64 valence electrons. The van der Waals surface area contributed by atoms with Gasteiger partial charge in [0.25, 0.3) is 0 Å². The summed E-state index contributed by atoms with van der Waals surface area (Å²) >= 11 is 1.99. The Balaban J connectivity index is 2.31. The van der Waals surface area contributed by atoms with E-state index in [0.29, 0.717) is 0 Å². The molecule has 0 spiro atoms. The van der Waals surface area contributed by atoms with E-state index in [1.165, 1.54) is 16.9 Å². The first-order valence-electron chi connectivity index (χ1n) is 4.19. The lowest BCUT2D eigenvalue weighted by atomic mass is 10.1. The Bertz CT molecular complexity index is 272. The van der Waals surface area contributed by atoms with Crippen molar-refractivity contribution in [2.24, 2.45) is 0 Å². The van der Waals surface area contributed by atoms with Crippen LogP contribution < -0.4 is 0 Å². The van der Waals surface area contributed by atoms with Gasteiger partial charge in [0.05, 0.1) is 0 Å². The SMILES string of the molecule is CN1CSCc2ccccc2C1. The highest BCUT2D eigenvalue weighted by molar-refractivity contribution is 7.98. The molecule has 1 aromatic carbocycles. The molecule has 0 amide bonds. The summed E-state index contributed by atoms with van der Waals surface area (Å²) in [5.41, 5.74) is 3.00. The van der Waals surface area contributed by atoms with E-state index >= 15 is 0 Å². The first-order valence-corrected chi connectivity index (χ1v) is 5.35. The van der Waals surface area contributed by atoms with E-state index in [9.17, 15) is 0 Å². The zero-order valence-electron chi connectivity index (χ0n) is 7.29. The number of nitrogens with zero attached hydrogens (tertiary/aromatic N) is 1. The van der Waals surface area contributed by atoms with Crippen molar-refractivity contribution < 1.29 is 0 Å². The number of hydrogen-bond acceptors (Lipinski definition) is 2. The molecule has 0 N–H and O–H groups in total. The van der Waals surface area contributed by atoms with E-state index in [2.05, 4.69) is 36.2 Å². The number of fused-ring (bicyclic) bond motifs is 1. The third kappa shape index (κ3) is 1.65. The van der Waals surface area contributed by atoms with Gasteiger partial charge in [-0.3, -0.25) is 4.90 Å². The van der Waals surface area contributed by atoms with Gasteiger partial charge in [0, 0.05) is 18.2 Å². The molecule has 0 saturated carbocycles. The molecule has 0 radical (unpaired) electrons. The number of rotatable bonds is 0. The highest BCUT2D eigenvalue weighted by Gasteiger charge is 2.09. The van der Waals surface area contributed by atoms with Crippen molar-refractivity contribution in [3.8, 4) is 0 Å². The molecule has 0 fully saturated rings. The summed E-state index contributed by atoms with van der Waals surface area (Å²) in [7, 11) is 2.18. The fourth-order valence-corrected chi connectivity index (χ4v) is 2.50. The van der Waals surface area contributed by atoms with Crippen LogP contribution in [0.25, 0.3) is 0 Å². The van der Waals surface area contributed by atoms with Gasteiger partial charge in [-0.25, -0.2) is 0 Å². The second-order valence-corrected chi connectivity index (χ2v) is 4.22. The zero-order chi connectivity index (χ0) is 8.39. The summed E-state index contributed by atoms with van der Waals surface area (Å²) in [6.45, 7) is 1.10. The zero-order valence-corrected chi connectivity index (χ0v) is 8.10. The number of hydrogen-bond donors (Lipinski definition) is 0. The molecule has 0 saturated heterocycles. The third-order valence-electron chi connectivity index (χ3n) is 2.13. The maximum atomic E-state index is 2.36. The molecule has 0 atom stereocenters. The Labute approximate surface area is 77.8 Å². The molecule has 1 aliphatic rings. The molecular weight excluding hydrogens is 166 g/mol. The standard InChI is InChI=1S/C10H13NS/c1-11-6-9-4-2-3-5-10(9)7-12-8-11/h2-5H,6-8H2,1H3. The minimum atomic E-state index is 1.10. The molecule has 0 aromatic heterocycles. The van der Waals surface area contributed by atoms with Gasteiger partial charge < -0.3 is 0 Å². The second kappa shape index (κ2) is 3.50. The van der Waals surface area contributed by atoms with E-state index in [1.54, 1.807) is 0 Å². The van der Waals surface area contributed by atoms with Crippen molar-refractivity contribution in [1.29, 1.82) is 0 Å². The van der Waals surface area contributed by atoms with Crippen LogP contribution in [-0.2, 0) is 12.3 Å². The van der Waals surface area contributed by atoms with Crippen molar-refractivity contribution in [2.45, 2.75) is 12.3 Å². The Morgan fingerprint density at radius 3 is 2.83 bits per heavy atom. The third-order valence-corrected chi connectivity index (χ3v) is 3.27. The molecule has 1 aliphatic heterocycles. The van der Waals surface area contributed by atoms with Crippen LogP contribution in [0.15, 0.2) is 24.3 Å². The quantitative estimate of drug-likeness (QED) is 0.601. The fourth-order valence-electron chi connectivity index (χ4n) is 1.50. The number of benzene rings is 1. The average molecular weight is 179 g/mol. The largest absolute Gasteiger partial charge is 0.293 e. The van der Waals surface area contributed by atoms with Crippen molar-refractivity contribution in [1.82, 2.24) is 4.90 Å². The van der Waals surface area contributed by atoms with Crippen molar-refractivity contribution in [3.63, 3.8) is 0 Å². The summed E-state index contributed by atoms with van der Waals surface area (Å²) in [4.78, 5) is 2.36. The topological polar surface area (TPSA) is 3.24 Å². The predicted molar refractivity (Wildman–Crippen MR) is 54.1 cm³/mol. The van der Waals surface area contributed by atoms with E-state index < -0.39 is 0 Å². The highest BCUT2D eigenvalue weighted by Crippen LogP contribution is 2.22. The smallest absolute Gasteiger partial charge is 0.0448 e. The predicted octanol–water partition coefficient (Wildman–Crippen LogP) is 2.32. The summed E-state index contributed by atoms with van der Waals surface area (Å²) < 4.78 is 0. The van der Waals surface area contributed by atoms with Gasteiger partial charge in [0.2, 0.25) is 0 Å². The van der Waals surface area contributed by atoms with Gasteiger partial charge in [0.1, 0.15) is 0 Å². The minimum absolute atomic E-state index is 1.10.